The summed E-state index contributed by atoms with van der Waals surface area (Å²) >= 11 is 0. The number of hydrogen-bond donors (Lipinski definition) is 2. The van der Waals surface area contributed by atoms with Crippen molar-refractivity contribution in [2.24, 2.45) is 0 Å². The fraction of sp³-hybridized carbons (Fsp3) is 0.435. The second-order valence-corrected chi connectivity index (χ2v) is 8.76. The number of allylic oxidation sites excluding steroid dienone is 3. The topological polar surface area (TPSA) is 136 Å². The summed E-state index contributed by atoms with van der Waals surface area (Å²) in [6.45, 7) is 14.5. The number of carbonyl (C=O) groups is 1. The molecule has 0 saturated carbocycles. The molecule has 11 heteroatoms. The third-order valence-electron chi connectivity index (χ3n) is 5.06. The summed E-state index contributed by atoms with van der Waals surface area (Å²) in [5.41, 5.74) is 6.76. The van der Waals surface area contributed by atoms with Crippen molar-refractivity contribution in [2.45, 2.75) is 39.7 Å². The zero-order chi connectivity index (χ0) is 24.7. The summed E-state index contributed by atoms with van der Waals surface area (Å²) in [4.78, 5) is 24.5. The molecule has 3 heterocycles. The molecular weight excluding hydrogens is 436 g/mol. The Morgan fingerprint density at radius 2 is 1.97 bits per heavy atom. The maximum Gasteiger partial charge on any atom is 0.325 e. The van der Waals surface area contributed by atoms with Gasteiger partial charge in [0.15, 0.2) is 0 Å². The van der Waals surface area contributed by atoms with Crippen LogP contribution in [0, 0.1) is 0 Å². The van der Waals surface area contributed by atoms with Crippen molar-refractivity contribution in [3.05, 3.63) is 60.1 Å². The largest absolute Gasteiger partial charge is 0.485 e. The fourth-order valence-electron chi connectivity index (χ4n) is 3.14. The zero-order valence-electron chi connectivity index (χ0n) is 20.1. The van der Waals surface area contributed by atoms with Crippen molar-refractivity contribution in [1.29, 1.82) is 0 Å². The molecule has 2 aromatic heterocycles. The number of nitrogen functional groups attached to an aromatic ring is 1. The first-order valence-electron chi connectivity index (χ1n) is 11.0. The lowest BCUT2D eigenvalue weighted by Crippen LogP contribution is -2.49. The highest BCUT2D eigenvalue weighted by molar-refractivity contribution is 5.87. The number of nitrogens with zero attached hydrogens (tertiary/aromatic N) is 6. The maximum absolute atomic E-state index is 12.6. The van der Waals surface area contributed by atoms with E-state index in [1.165, 1.54) is 0 Å². The van der Waals surface area contributed by atoms with Gasteiger partial charge in [-0.1, -0.05) is 44.6 Å². The molecule has 3 N–H and O–H groups in total. The van der Waals surface area contributed by atoms with Gasteiger partial charge in [-0.25, -0.2) is 14.8 Å². The van der Waals surface area contributed by atoms with E-state index in [1.807, 2.05) is 45.9 Å². The molecule has 0 atom stereocenters. The van der Waals surface area contributed by atoms with Gasteiger partial charge in [0.05, 0.1) is 11.4 Å². The number of amides is 2. The van der Waals surface area contributed by atoms with Gasteiger partial charge in [0, 0.05) is 37.8 Å². The maximum atomic E-state index is 12.6. The minimum Gasteiger partial charge on any atom is -0.485 e. The molecule has 1 saturated heterocycles. The van der Waals surface area contributed by atoms with Crippen molar-refractivity contribution in [1.82, 2.24) is 30.0 Å². The van der Waals surface area contributed by atoms with E-state index in [9.17, 15) is 4.79 Å². The number of anilines is 2. The first-order valence-corrected chi connectivity index (χ1v) is 11.0. The molecule has 1 fully saturated rings. The molecule has 182 valence electrons. The number of urea groups is 1. The van der Waals surface area contributed by atoms with Crippen LogP contribution in [0.25, 0.3) is 0 Å². The fourth-order valence-corrected chi connectivity index (χ4v) is 3.14. The SMILES string of the molecule is C=C(/C(=C\C=C/C)OCc1ccnc(N)n1)N1CCN(C(=O)Nc2nnc(C(C)(C)C)o2)CC1. The number of piperazine rings is 1. The number of carbonyl (C=O) groups excluding carboxylic acids is 1. The van der Waals surface area contributed by atoms with Gasteiger partial charge in [0.1, 0.15) is 12.4 Å². The molecule has 3 rings (SSSR count). The van der Waals surface area contributed by atoms with E-state index in [1.54, 1.807) is 17.2 Å². The molecule has 0 radical (unpaired) electrons. The lowest BCUT2D eigenvalue weighted by atomic mass is 9.97. The van der Waals surface area contributed by atoms with Gasteiger partial charge in [-0.05, 0) is 19.1 Å². The van der Waals surface area contributed by atoms with E-state index in [2.05, 4.69) is 37.0 Å². The Hall–Kier alpha value is -3.89. The Morgan fingerprint density at radius 3 is 2.59 bits per heavy atom. The monoisotopic (exact) mass is 468 g/mol. The van der Waals surface area contributed by atoms with Gasteiger partial charge in [-0.15, -0.1) is 5.10 Å². The van der Waals surface area contributed by atoms with Gasteiger partial charge in [0.2, 0.25) is 11.8 Å². The van der Waals surface area contributed by atoms with E-state index < -0.39 is 0 Å². The van der Waals surface area contributed by atoms with Crippen molar-refractivity contribution in [3.8, 4) is 0 Å². The number of hydrogen-bond acceptors (Lipinski definition) is 9. The third-order valence-corrected chi connectivity index (χ3v) is 5.06. The lowest BCUT2D eigenvalue weighted by molar-refractivity contribution is 0.147. The smallest absolute Gasteiger partial charge is 0.325 e. The first-order chi connectivity index (χ1) is 16.2. The van der Waals surface area contributed by atoms with Crippen LogP contribution < -0.4 is 11.1 Å². The minimum absolute atomic E-state index is 0.0945. The minimum atomic E-state index is -0.289. The molecular formula is C23H32N8O3. The molecule has 0 unspecified atom stereocenters. The molecule has 11 nitrogen and oxygen atoms in total. The summed E-state index contributed by atoms with van der Waals surface area (Å²) < 4.78 is 11.5. The van der Waals surface area contributed by atoms with E-state index in [0.717, 1.165) is 5.70 Å². The molecule has 1 aliphatic rings. The van der Waals surface area contributed by atoms with Crippen LogP contribution in [-0.2, 0) is 16.8 Å². The predicted molar refractivity (Wildman–Crippen MR) is 128 cm³/mol. The number of rotatable bonds is 7. The Morgan fingerprint density at radius 1 is 1.26 bits per heavy atom. The normalized spacial score (nSPS) is 15.0. The van der Waals surface area contributed by atoms with Crippen LogP contribution >= 0.6 is 0 Å². The van der Waals surface area contributed by atoms with Crippen LogP contribution in [0.1, 0.15) is 39.3 Å². The Labute approximate surface area is 199 Å². The molecule has 0 aliphatic carbocycles. The van der Waals surface area contributed by atoms with Crippen molar-refractivity contribution in [3.63, 3.8) is 0 Å². The Kier molecular flexibility index (Phi) is 7.87. The highest BCUT2D eigenvalue weighted by Gasteiger charge is 2.26. The average molecular weight is 469 g/mol. The molecule has 0 bridgehead atoms. The molecule has 2 aromatic rings. The highest BCUT2D eigenvalue weighted by atomic mass is 16.5. The van der Waals surface area contributed by atoms with Gasteiger partial charge in [-0.2, -0.15) is 0 Å². The standard InChI is InChI=1S/C23H32N8O3/c1-6-7-8-18(33-15-17-9-10-25-20(24)26-17)16(2)30-11-13-31(14-12-30)22(32)27-21-29-28-19(34-21)23(3,4)5/h6-10H,2,11-15H2,1,3-5H3,(H2,24,25,26)(H,27,29,32)/b7-6-,18-8+. The van der Waals surface area contributed by atoms with E-state index >= 15 is 0 Å². The number of nitrogens with one attached hydrogen (secondary N) is 1. The molecule has 1 aliphatic heterocycles. The number of ether oxygens (including phenoxy) is 1. The van der Waals surface area contributed by atoms with Crippen LogP contribution in [-0.4, -0.2) is 62.2 Å². The first kappa shape index (κ1) is 24.7. The highest BCUT2D eigenvalue weighted by Crippen LogP contribution is 2.23. The summed E-state index contributed by atoms with van der Waals surface area (Å²) in [5.74, 6) is 1.28. The molecule has 0 aromatic carbocycles. The van der Waals surface area contributed by atoms with E-state index in [0.29, 0.717) is 43.5 Å². The summed E-state index contributed by atoms with van der Waals surface area (Å²) in [5, 5.41) is 10.6. The third kappa shape index (κ3) is 6.56. The average Bonchev–Trinajstić information content (AvgIpc) is 3.28. The summed E-state index contributed by atoms with van der Waals surface area (Å²) in [7, 11) is 0. The molecule has 2 amide bonds. The summed E-state index contributed by atoms with van der Waals surface area (Å²) in [6.07, 6.45) is 7.24. The van der Waals surface area contributed by atoms with Crippen LogP contribution in [0.2, 0.25) is 0 Å². The van der Waals surface area contributed by atoms with Gasteiger partial charge < -0.3 is 24.7 Å². The van der Waals surface area contributed by atoms with Crippen LogP contribution in [0.3, 0.4) is 0 Å². The second kappa shape index (κ2) is 10.8. The Balaban J connectivity index is 1.55. The van der Waals surface area contributed by atoms with Crippen LogP contribution in [0.15, 0.2) is 52.9 Å². The van der Waals surface area contributed by atoms with Gasteiger partial charge in [0.25, 0.3) is 0 Å². The van der Waals surface area contributed by atoms with Gasteiger partial charge >= 0.3 is 12.0 Å². The number of aromatic nitrogens is 4. The second-order valence-electron chi connectivity index (χ2n) is 8.76. The van der Waals surface area contributed by atoms with Crippen LogP contribution in [0.4, 0.5) is 16.8 Å². The Bertz CT molecular complexity index is 1060. The van der Waals surface area contributed by atoms with Gasteiger partial charge in [-0.3, -0.25) is 5.32 Å². The van der Waals surface area contributed by atoms with Crippen LogP contribution in [0.5, 0.6) is 0 Å². The molecule has 34 heavy (non-hydrogen) atoms. The van der Waals surface area contributed by atoms with Crippen molar-refractivity contribution < 1.29 is 13.9 Å². The molecule has 0 spiro atoms. The van der Waals surface area contributed by atoms with Crippen molar-refractivity contribution in [2.75, 3.05) is 37.2 Å². The van der Waals surface area contributed by atoms with E-state index in [-0.39, 0.29) is 30.0 Å². The predicted octanol–water partition coefficient (Wildman–Crippen LogP) is 3.08. The quantitative estimate of drug-likeness (QED) is 0.464. The lowest BCUT2D eigenvalue weighted by Gasteiger charge is -2.37. The number of nitrogens with two attached hydrogens (primary N) is 1. The zero-order valence-corrected chi connectivity index (χ0v) is 20.1. The summed E-state index contributed by atoms with van der Waals surface area (Å²) in [6, 6.07) is 1.56. The van der Waals surface area contributed by atoms with Crippen molar-refractivity contribution >= 4 is 18.0 Å². The van der Waals surface area contributed by atoms with E-state index in [4.69, 9.17) is 14.9 Å².